The van der Waals surface area contributed by atoms with E-state index in [9.17, 15) is 27.5 Å². The molecule has 1 aliphatic rings. The second-order valence-electron chi connectivity index (χ2n) is 7.91. The van der Waals surface area contributed by atoms with Crippen molar-refractivity contribution >= 4 is 17.2 Å². The number of likely N-dealkylation sites (tertiary alicyclic amines) is 1. The Morgan fingerprint density at radius 2 is 1.69 bits per heavy atom. The molecule has 0 spiro atoms. The molecule has 1 amide bonds. The van der Waals surface area contributed by atoms with Crippen LogP contribution in [-0.4, -0.2) is 35.2 Å². The molecule has 1 aromatic heterocycles. The van der Waals surface area contributed by atoms with Crippen LogP contribution in [0.3, 0.4) is 0 Å². The average Bonchev–Trinajstić information content (AvgIpc) is 3.04. The third-order valence-electron chi connectivity index (χ3n) is 5.85. The Hall–Kier alpha value is -2.71. The van der Waals surface area contributed by atoms with Gasteiger partial charge in [-0.25, -0.2) is 4.39 Å². The molecule has 0 saturated carbocycles. The van der Waals surface area contributed by atoms with E-state index in [2.05, 4.69) is 0 Å². The number of amides is 1. The molecule has 0 aliphatic carbocycles. The molecule has 0 unspecified atom stereocenters. The number of halogens is 4. The Morgan fingerprint density at radius 1 is 1.06 bits per heavy atom. The first-order valence-corrected chi connectivity index (χ1v) is 10.9. The van der Waals surface area contributed by atoms with E-state index >= 15 is 0 Å². The van der Waals surface area contributed by atoms with E-state index in [4.69, 9.17) is 0 Å². The molecule has 4 rings (SSSR count). The highest BCUT2D eigenvalue weighted by Crippen LogP contribution is 2.44. The van der Waals surface area contributed by atoms with Crippen LogP contribution in [0.4, 0.5) is 17.6 Å². The smallest absolute Gasteiger partial charge is 0.391 e. The number of carbonyl (C=O) groups is 1. The normalized spacial score (nSPS) is 14.5. The summed E-state index contributed by atoms with van der Waals surface area (Å²) in [6.07, 6.45) is -5.52. The predicted molar refractivity (Wildman–Crippen MR) is 116 cm³/mol. The molecule has 1 saturated heterocycles. The Kier molecular flexibility index (Phi) is 5.85. The largest absolute Gasteiger partial charge is 0.417 e. The van der Waals surface area contributed by atoms with E-state index in [0.29, 0.717) is 32.0 Å². The summed E-state index contributed by atoms with van der Waals surface area (Å²) in [5, 5.41) is 9.55. The third kappa shape index (κ3) is 4.04. The molecule has 1 fully saturated rings. The van der Waals surface area contributed by atoms with Crippen molar-refractivity contribution < 1.29 is 27.5 Å². The van der Waals surface area contributed by atoms with Crippen LogP contribution in [0.5, 0.6) is 0 Å². The number of hydrogen-bond acceptors (Lipinski definition) is 3. The fourth-order valence-corrected chi connectivity index (χ4v) is 5.00. The number of thiophene rings is 1. The highest BCUT2D eigenvalue weighted by molar-refractivity contribution is 7.15. The quantitative estimate of drug-likeness (QED) is 0.482. The van der Waals surface area contributed by atoms with Crippen LogP contribution < -0.4 is 0 Å². The van der Waals surface area contributed by atoms with Crippen LogP contribution in [0.2, 0.25) is 0 Å². The van der Waals surface area contributed by atoms with Crippen molar-refractivity contribution in [2.24, 2.45) is 0 Å². The monoisotopic (exact) mass is 463 g/mol. The number of hydrogen-bond donors (Lipinski definition) is 1. The lowest BCUT2D eigenvalue weighted by Crippen LogP contribution is -2.51. The first-order valence-electron chi connectivity index (χ1n) is 10.0. The van der Waals surface area contributed by atoms with Gasteiger partial charge in [-0.3, -0.25) is 4.79 Å². The minimum absolute atomic E-state index is 0.0648. The van der Waals surface area contributed by atoms with Crippen LogP contribution >= 0.6 is 11.3 Å². The van der Waals surface area contributed by atoms with Crippen LogP contribution in [-0.2, 0) is 12.8 Å². The second kappa shape index (κ2) is 8.33. The van der Waals surface area contributed by atoms with Gasteiger partial charge in [-0.05, 0) is 60.4 Å². The van der Waals surface area contributed by atoms with Gasteiger partial charge in [0.05, 0.1) is 25.3 Å². The molecule has 0 bridgehead atoms. The van der Waals surface area contributed by atoms with Gasteiger partial charge in [0.1, 0.15) is 6.17 Å². The number of rotatable bonds is 4. The molecule has 1 N–H and O–H groups in total. The maximum atomic E-state index is 13.8. The standard InChI is InChI=1S/C24H21F4NO2S/c1-13-14(2)22(32-21(13)12-30)19-9-17(7-8-20(19)24(26,27)28)15-3-5-16(6-4-15)23(31)29-10-18(25)11-29/h3-9,18,30H,10-12H2,1-2H3. The van der Waals surface area contributed by atoms with Gasteiger partial charge in [-0.1, -0.05) is 18.2 Å². The Morgan fingerprint density at radius 3 is 2.22 bits per heavy atom. The van der Waals surface area contributed by atoms with E-state index in [1.807, 2.05) is 0 Å². The van der Waals surface area contributed by atoms with Crippen molar-refractivity contribution in [3.63, 3.8) is 0 Å². The van der Waals surface area contributed by atoms with Gasteiger partial charge in [-0.2, -0.15) is 13.2 Å². The van der Waals surface area contributed by atoms with Gasteiger partial charge in [0.25, 0.3) is 5.91 Å². The number of benzene rings is 2. The summed E-state index contributed by atoms with van der Waals surface area (Å²) in [5.74, 6) is -0.264. The molecule has 2 heterocycles. The molecule has 3 aromatic rings. The molecule has 2 aromatic carbocycles. The van der Waals surface area contributed by atoms with E-state index in [1.165, 1.54) is 17.0 Å². The predicted octanol–water partition coefficient (Wildman–Crippen LogP) is 6.00. The fourth-order valence-electron chi connectivity index (χ4n) is 3.80. The van der Waals surface area contributed by atoms with Gasteiger partial charge < -0.3 is 10.0 Å². The minimum atomic E-state index is -4.53. The van der Waals surface area contributed by atoms with E-state index in [0.717, 1.165) is 23.0 Å². The van der Waals surface area contributed by atoms with Gasteiger partial charge >= 0.3 is 6.18 Å². The maximum absolute atomic E-state index is 13.8. The Labute approximate surface area is 186 Å². The summed E-state index contributed by atoms with van der Waals surface area (Å²) in [4.78, 5) is 14.9. The summed E-state index contributed by atoms with van der Waals surface area (Å²) in [7, 11) is 0. The summed E-state index contributed by atoms with van der Waals surface area (Å²) in [6, 6.07) is 10.5. The van der Waals surface area contributed by atoms with E-state index < -0.39 is 17.9 Å². The molecule has 1 aliphatic heterocycles. The van der Waals surface area contributed by atoms with Gasteiger partial charge in [0.15, 0.2) is 0 Å². The van der Waals surface area contributed by atoms with Crippen molar-refractivity contribution in [3.8, 4) is 21.6 Å². The topological polar surface area (TPSA) is 40.5 Å². The number of aliphatic hydroxyl groups is 1. The molecular weight excluding hydrogens is 442 g/mol. The van der Waals surface area contributed by atoms with E-state index in [-0.39, 0.29) is 31.2 Å². The van der Waals surface area contributed by atoms with Crippen LogP contribution in [0.25, 0.3) is 21.6 Å². The van der Waals surface area contributed by atoms with Gasteiger partial charge in [0.2, 0.25) is 0 Å². The first kappa shape index (κ1) is 22.5. The summed E-state index contributed by atoms with van der Waals surface area (Å²) >= 11 is 1.16. The Balaban J connectivity index is 1.73. The van der Waals surface area contributed by atoms with Crippen LogP contribution in [0, 0.1) is 13.8 Å². The van der Waals surface area contributed by atoms with Crippen molar-refractivity contribution in [2.75, 3.05) is 13.1 Å². The first-order chi connectivity index (χ1) is 15.1. The summed E-state index contributed by atoms with van der Waals surface area (Å²) in [5.41, 5.74) is 2.48. The number of alkyl halides is 4. The zero-order valence-electron chi connectivity index (χ0n) is 17.5. The van der Waals surface area contributed by atoms with Gasteiger partial charge in [-0.15, -0.1) is 11.3 Å². The van der Waals surface area contributed by atoms with Gasteiger partial charge in [0, 0.05) is 20.9 Å². The highest BCUT2D eigenvalue weighted by Gasteiger charge is 2.35. The van der Waals surface area contributed by atoms with Crippen molar-refractivity contribution in [3.05, 3.63) is 69.6 Å². The molecule has 8 heteroatoms. The summed E-state index contributed by atoms with van der Waals surface area (Å²) < 4.78 is 54.3. The lowest BCUT2D eigenvalue weighted by atomic mass is 9.95. The lowest BCUT2D eigenvalue weighted by Gasteiger charge is -2.34. The third-order valence-corrected chi connectivity index (χ3v) is 7.26. The minimum Gasteiger partial charge on any atom is -0.391 e. The fraction of sp³-hybridized carbons (Fsp3) is 0.292. The summed E-state index contributed by atoms with van der Waals surface area (Å²) in [6.45, 7) is 3.48. The van der Waals surface area contributed by atoms with Crippen LogP contribution in [0.1, 0.15) is 31.9 Å². The van der Waals surface area contributed by atoms with E-state index in [1.54, 1.807) is 38.1 Å². The average molecular weight is 463 g/mol. The molecule has 32 heavy (non-hydrogen) atoms. The number of aliphatic hydroxyl groups excluding tert-OH is 1. The zero-order chi connectivity index (χ0) is 23.2. The maximum Gasteiger partial charge on any atom is 0.417 e. The number of nitrogens with zero attached hydrogens (tertiary/aromatic N) is 1. The molecule has 0 radical (unpaired) electrons. The second-order valence-corrected chi connectivity index (χ2v) is 9.01. The van der Waals surface area contributed by atoms with Crippen molar-refractivity contribution in [1.82, 2.24) is 4.90 Å². The Bertz CT molecular complexity index is 1160. The lowest BCUT2D eigenvalue weighted by molar-refractivity contribution is -0.137. The molecule has 168 valence electrons. The molecule has 3 nitrogen and oxygen atoms in total. The van der Waals surface area contributed by atoms with Crippen molar-refractivity contribution in [1.29, 1.82) is 0 Å². The van der Waals surface area contributed by atoms with Crippen molar-refractivity contribution in [2.45, 2.75) is 32.8 Å². The number of carbonyl (C=O) groups excluding carboxylic acids is 1. The molecule has 0 atom stereocenters. The SMILES string of the molecule is Cc1c(CO)sc(-c2cc(-c3ccc(C(=O)N4CC(F)C4)cc3)ccc2C(F)(F)F)c1C. The molecular formula is C24H21F4NO2S. The van der Waals surface area contributed by atoms with Crippen LogP contribution in [0.15, 0.2) is 42.5 Å². The highest BCUT2D eigenvalue weighted by atomic mass is 32.1. The zero-order valence-corrected chi connectivity index (χ0v) is 18.3.